The van der Waals surface area contributed by atoms with E-state index in [9.17, 15) is 13.2 Å². The quantitative estimate of drug-likeness (QED) is 0.422. The first-order valence-electron chi connectivity index (χ1n) is 10.2. The number of hydrogen-bond donors (Lipinski definition) is 2. The number of hydrogen-bond acceptors (Lipinski definition) is 4. The molecule has 2 N–H and O–H groups in total. The lowest BCUT2D eigenvalue weighted by molar-refractivity contribution is -0.137. The van der Waals surface area contributed by atoms with Crippen LogP contribution in [0.25, 0.3) is 0 Å². The topological polar surface area (TPSA) is 49.8 Å². The lowest BCUT2D eigenvalue weighted by Gasteiger charge is -2.22. The van der Waals surface area contributed by atoms with Gasteiger partial charge in [0.25, 0.3) is 0 Å². The molecule has 4 nitrogen and oxygen atoms in total. The number of alkyl halides is 3. The van der Waals surface area contributed by atoms with Crippen molar-refractivity contribution in [3.05, 3.63) is 70.9 Å². The molecule has 0 unspecified atom stereocenters. The predicted molar refractivity (Wildman–Crippen MR) is 117 cm³/mol. The Morgan fingerprint density at radius 3 is 2.35 bits per heavy atom. The fourth-order valence-corrected chi connectivity index (χ4v) is 3.98. The summed E-state index contributed by atoms with van der Waals surface area (Å²) in [6.07, 6.45) is 2.05. The molecule has 8 heteroatoms. The van der Waals surface area contributed by atoms with Crippen molar-refractivity contribution in [2.24, 2.45) is 0 Å². The van der Waals surface area contributed by atoms with Crippen LogP contribution in [0.15, 0.2) is 54.7 Å². The number of benzene rings is 2. The Bertz CT molecular complexity index is 1030. The van der Waals surface area contributed by atoms with Gasteiger partial charge in [-0.3, -0.25) is 0 Å². The van der Waals surface area contributed by atoms with Crippen molar-refractivity contribution in [1.29, 1.82) is 0 Å². The van der Waals surface area contributed by atoms with Crippen LogP contribution in [0.2, 0.25) is 5.02 Å². The Kier molecular flexibility index (Phi) is 6.32. The van der Waals surface area contributed by atoms with E-state index in [1.165, 1.54) is 19.3 Å². The van der Waals surface area contributed by atoms with Gasteiger partial charge >= 0.3 is 6.18 Å². The maximum atomic E-state index is 13.6. The van der Waals surface area contributed by atoms with E-state index >= 15 is 0 Å². The third kappa shape index (κ3) is 5.47. The number of halogens is 4. The molecule has 1 aliphatic rings. The highest BCUT2D eigenvalue weighted by Crippen LogP contribution is 2.37. The average molecular weight is 447 g/mol. The number of nitrogens with zero attached hydrogens (tertiary/aromatic N) is 2. The summed E-state index contributed by atoms with van der Waals surface area (Å²) in [6.45, 7) is 0. The molecule has 31 heavy (non-hydrogen) atoms. The predicted octanol–water partition coefficient (Wildman–Crippen LogP) is 7.68. The van der Waals surface area contributed by atoms with Gasteiger partial charge in [0, 0.05) is 22.6 Å². The van der Waals surface area contributed by atoms with E-state index in [4.69, 9.17) is 11.6 Å². The molecule has 2 aromatic carbocycles. The number of nitrogens with one attached hydrogen (secondary N) is 2. The van der Waals surface area contributed by atoms with Crippen molar-refractivity contribution >= 4 is 34.7 Å². The first kappa shape index (κ1) is 21.4. The standard InChI is InChI=1S/C23H22ClF3N4/c24-17-9-11-18(12-10-17)30-22-28-14-20(23(25,26)27)21(31-22)29-19-8-4-7-16(13-19)15-5-2-1-3-6-15/h4,7-15H,1-3,5-6H2,(H2,28,29,30,31). The fourth-order valence-electron chi connectivity index (χ4n) is 3.85. The molecule has 1 aromatic heterocycles. The van der Waals surface area contributed by atoms with E-state index in [1.54, 1.807) is 30.3 Å². The molecule has 1 saturated carbocycles. The van der Waals surface area contributed by atoms with E-state index < -0.39 is 11.7 Å². The lowest BCUT2D eigenvalue weighted by atomic mass is 9.84. The SMILES string of the molecule is FC(F)(F)c1cnc(Nc2ccc(Cl)cc2)nc1Nc1cccc(C2CCCCC2)c1. The minimum Gasteiger partial charge on any atom is -0.340 e. The Morgan fingerprint density at radius 1 is 0.903 bits per heavy atom. The van der Waals surface area contributed by atoms with E-state index in [2.05, 4.69) is 20.6 Å². The van der Waals surface area contributed by atoms with Crippen LogP contribution in [0.1, 0.15) is 49.1 Å². The zero-order valence-electron chi connectivity index (χ0n) is 16.7. The molecule has 0 saturated heterocycles. The third-order valence-electron chi connectivity index (χ3n) is 5.42. The molecule has 0 aliphatic heterocycles. The van der Waals surface area contributed by atoms with Crippen LogP contribution in [-0.2, 0) is 6.18 Å². The highest BCUT2D eigenvalue weighted by atomic mass is 35.5. The summed E-state index contributed by atoms with van der Waals surface area (Å²) in [5.41, 5.74) is 1.42. The molecular formula is C23H22ClF3N4. The summed E-state index contributed by atoms with van der Waals surface area (Å²) in [4.78, 5) is 7.95. The minimum absolute atomic E-state index is 0.0567. The number of rotatable bonds is 5. The summed E-state index contributed by atoms with van der Waals surface area (Å²) >= 11 is 5.88. The molecule has 0 bridgehead atoms. The minimum atomic E-state index is -4.58. The van der Waals surface area contributed by atoms with Gasteiger partial charge in [-0.1, -0.05) is 43.0 Å². The van der Waals surface area contributed by atoms with Crippen molar-refractivity contribution in [1.82, 2.24) is 9.97 Å². The third-order valence-corrected chi connectivity index (χ3v) is 5.67. The second kappa shape index (κ2) is 9.14. The summed E-state index contributed by atoms with van der Waals surface area (Å²) in [5.74, 6) is 0.214. The van der Waals surface area contributed by atoms with Crippen molar-refractivity contribution < 1.29 is 13.2 Å². The summed E-state index contributed by atoms with van der Waals surface area (Å²) in [5, 5.41) is 6.33. The molecule has 1 fully saturated rings. The summed E-state index contributed by atoms with van der Waals surface area (Å²) in [6, 6.07) is 14.3. The van der Waals surface area contributed by atoms with E-state index in [0.717, 1.165) is 24.6 Å². The maximum absolute atomic E-state index is 13.6. The van der Waals surface area contributed by atoms with Crippen LogP contribution >= 0.6 is 11.6 Å². The average Bonchev–Trinajstić information content (AvgIpc) is 2.76. The Balaban J connectivity index is 1.61. The van der Waals surface area contributed by atoms with E-state index in [1.807, 2.05) is 18.2 Å². The van der Waals surface area contributed by atoms with Crippen LogP contribution in [0.5, 0.6) is 0 Å². The first-order chi connectivity index (χ1) is 14.9. The molecule has 162 valence electrons. The van der Waals surface area contributed by atoms with Crippen LogP contribution in [-0.4, -0.2) is 9.97 Å². The zero-order chi connectivity index (χ0) is 21.8. The smallest absolute Gasteiger partial charge is 0.340 e. The molecule has 1 heterocycles. The normalized spacial score (nSPS) is 15.0. The maximum Gasteiger partial charge on any atom is 0.421 e. The van der Waals surface area contributed by atoms with Crippen molar-refractivity contribution in [2.45, 2.75) is 44.2 Å². The highest BCUT2D eigenvalue weighted by Gasteiger charge is 2.35. The molecule has 0 spiro atoms. The van der Waals surface area contributed by atoms with Crippen molar-refractivity contribution in [3.8, 4) is 0 Å². The van der Waals surface area contributed by atoms with Gasteiger partial charge in [0.15, 0.2) is 0 Å². The van der Waals surface area contributed by atoms with Crippen LogP contribution < -0.4 is 10.6 Å². The Hall–Kier alpha value is -2.80. The van der Waals surface area contributed by atoms with Crippen LogP contribution in [0.3, 0.4) is 0 Å². The van der Waals surface area contributed by atoms with Gasteiger partial charge in [0.2, 0.25) is 5.95 Å². The van der Waals surface area contributed by atoms with Crippen molar-refractivity contribution in [2.75, 3.05) is 10.6 Å². The highest BCUT2D eigenvalue weighted by molar-refractivity contribution is 6.30. The van der Waals surface area contributed by atoms with Gasteiger partial charge in [-0.15, -0.1) is 0 Å². The summed E-state index contributed by atoms with van der Waals surface area (Å²) in [7, 11) is 0. The first-order valence-corrected chi connectivity index (χ1v) is 10.6. The Labute approximate surface area is 183 Å². The van der Waals surface area contributed by atoms with Crippen LogP contribution in [0, 0.1) is 0 Å². The lowest BCUT2D eigenvalue weighted by Crippen LogP contribution is -2.13. The van der Waals surface area contributed by atoms with Gasteiger partial charge < -0.3 is 10.6 Å². The molecule has 4 rings (SSSR count). The Morgan fingerprint density at radius 2 is 1.65 bits per heavy atom. The molecular weight excluding hydrogens is 425 g/mol. The van der Waals surface area contributed by atoms with Gasteiger partial charge in [0.1, 0.15) is 11.4 Å². The molecule has 1 aliphatic carbocycles. The van der Waals surface area contributed by atoms with Gasteiger partial charge in [0.05, 0.1) is 0 Å². The van der Waals surface area contributed by atoms with E-state index in [-0.39, 0.29) is 11.8 Å². The van der Waals surface area contributed by atoms with E-state index in [0.29, 0.717) is 22.3 Å². The van der Waals surface area contributed by atoms with Gasteiger partial charge in [-0.05, 0) is 60.7 Å². The van der Waals surface area contributed by atoms with Gasteiger partial charge in [-0.2, -0.15) is 18.2 Å². The second-order valence-electron chi connectivity index (χ2n) is 7.67. The fraction of sp³-hybridized carbons (Fsp3) is 0.304. The van der Waals surface area contributed by atoms with Crippen LogP contribution in [0.4, 0.5) is 36.3 Å². The molecule has 0 radical (unpaired) electrons. The zero-order valence-corrected chi connectivity index (χ0v) is 17.5. The summed E-state index contributed by atoms with van der Waals surface area (Å²) < 4.78 is 40.7. The van der Waals surface area contributed by atoms with Gasteiger partial charge in [-0.25, -0.2) is 4.98 Å². The second-order valence-corrected chi connectivity index (χ2v) is 8.11. The van der Waals surface area contributed by atoms with Crippen molar-refractivity contribution in [3.63, 3.8) is 0 Å². The number of anilines is 4. The molecule has 0 atom stereocenters. The number of aromatic nitrogens is 2. The monoisotopic (exact) mass is 446 g/mol. The molecule has 3 aromatic rings. The molecule has 0 amide bonds. The largest absolute Gasteiger partial charge is 0.421 e.